The van der Waals surface area contributed by atoms with E-state index in [0.717, 1.165) is 22.9 Å². The van der Waals surface area contributed by atoms with Crippen molar-refractivity contribution in [3.05, 3.63) is 58.1 Å². The van der Waals surface area contributed by atoms with Crippen LogP contribution in [0.1, 0.15) is 11.1 Å². The fourth-order valence-corrected chi connectivity index (χ4v) is 1.80. The average molecular weight is 283 g/mol. The van der Waals surface area contributed by atoms with Crippen molar-refractivity contribution in [2.24, 2.45) is 0 Å². The number of aromatic nitrogens is 2. The average Bonchev–Trinajstić information content (AvgIpc) is 2.40. The van der Waals surface area contributed by atoms with E-state index in [1.807, 2.05) is 0 Å². The van der Waals surface area contributed by atoms with E-state index in [1.54, 1.807) is 25.4 Å². The van der Waals surface area contributed by atoms with Crippen LogP contribution in [0.4, 0.5) is 19.0 Å². The summed E-state index contributed by atoms with van der Waals surface area (Å²) < 4.78 is 38.9. The fourth-order valence-electron chi connectivity index (χ4n) is 1.80. The van der Waals surface area contributed by atoms with Crippen LogP contribution in [0.15, 0.2) is 41.5 Å². The first-order valence-corrected chi connectivity index (χ1v) is 5.81. The molecule has 0 spiro atoms. The summed E-state index contributed by atoms with van der Waals surface area (Å²) in [4.78, 5) is 15.7. The molecule has 0 radical (unpaired) electrons. The van der Waals surface area contributed by atoms with Gasteiger partial charge in [-0.15, -0.1) is 0 Å². The predicted octanol–water partition coefficient (Wildman–Crippen LogP) is 2.35. The first-order chi connectivity index (χ1) is 9.41. The summed E-state index contributed by atoms with van der Waals surface area (Å²) in [6, 6.07) is 5.06. The minimum absolute atomic E-state index is 0.0206. The molecule has 0 aliphatic heterocycles. The van der Waals surface area contributed by atoms with E-state index in [2.05, 4.69) is 10.3 Å². The topological polar surface area (TPSA) is 46.9 Å². The molecule has 0 atom stereocenters. The van der Waals surface area contributed by atoms with Crippen molar-refractivity contribution in [1.29, 1.82) is 0 Å². The third kappa shape index (κ3) is 2.98. The maximum Gasteiger partial charge on any atom is 0.417 e. The Kier molecular flexibility index (Phi) is 3.78. The molecule has 4 nitrogen and oxygen atoms in total. The van der Waals surface area contributed by atoms with Gasteiger partial charge in [0.2, 0.25) is 0 Å². The van der Waals surface area contributed by atoms with E-state index in [-0.39, 0.29) is 6.54 Å². The van der Waals surface area contributed by atoms with E-state index in [4.69, 9.17) is 0 Å². The number of halogens is 3. The number of nitrogens with zero attached hydrogens (tertiary/aromatic N) is 2. The Labute approximate surface area is 112 Å². The van der Waals surface area contributed by atoms with Crippen LogP contribution in [0.5, 0.6) is 0 Å². The number of anilines is 1. The summed E-state index contributed by atoms with van der Waals surface area (Å²) in [6.07, 6.45) is -2.10. The zero-order valence-corrected chi connectivity index (χ0v) is 10.6. The van der Waals surface area contributed by atoms with E-state index in [1.165, 1.54) is 0 Å². The maximum absolute atomic E-state index is 12.6. The van der Waals surface area contributed by atoms with Crippen LogP contribution in [-0.2, 0) is 12.7 Å². The van der Waals surface area contributed by atoms with Gasteiger partial charge < -0.3 is 9.88 Å². The molecule has 2 aromatic heterocycles. The summed E-state index contributed by atoms with van der Waals surface area (Å²) in [5, 5.41) is 2.83. The summed E-state index contributed by atoms with van der Waals surface area (Å²) in [7, 11) is 1.65. The number of nitrogens with one attached hydrogen (secondary N) is 1. The lowest BCUT2D eigenvalue weighted by molar-refractivity contribution is -0.138. The molecule has 20 heavy (non-hydrogen) atoms. The highest BCUT2D eigenvalue weighted by molar-refractivity contribution is 5.43. The summed E-state index contributed by atoms with van der Waals surface area (Å²) in [6.45, 7) is 0.0206. The Morgan fingerprint density at radius 2 is 2.05 bits per heavy atom. The molecule has 0 saturated carbocycles. The maximum atomic E-state index is 12.6. The monoisotopic (exact) mass is 283 g/mol. The van der Waals surface area contributed by atoms with Gasteiger partial charge in [0.05, 0.1) is 12.1 Å². The smallest absolute Gasteiger partial charge is 0.373 e. The second kappa shape index (κ2) is 5.36. The van der Waals surface area contributed by atoms with E-state index in [0.29, 0.717) is 11.4 Å². The minimum Gasteiger partial charge on any atom is -0.373 e. The van der Waals surface area contributed by atoms with Gasteiger partial charge in [0.1, 0.15) is 5.82 Å². The third-order valence-electron chi connectivity index (χ3n) is 2.78. The molecule has 106 valence electrons. The fraction of sp³-hybridized carbons (Fsp3) is 0.231. The summed E-state index contributed by atoms with van der Waals surface area (Å²) >= 11 is 0. The highest BCUT2D eigenvalue weighted by atomic mass is 19.4. The Hall–Kier alpha value is -2.31. The van der Waals surface area contributed by atoms with Crippen LogP contribution in [0.25, 0.3) is 0 Å². The second-order valence-electron chi connectivity index (χ2n) is 4.14. The first kappa shape index (κ1) is 14.1. The van der Waals surface area contributed by atoms with Crippen LogP contribution in [0.2, 0.25) is 0 Å². The van der Waals surface area contributed by atoms with Gasteiger partial charge >= 0.3 is 6.18 Å². The van der Waals surface area contributed by atoms with Crippen LogP contribution >= 0.6 is 0 Å². The molecular formula is C13H12F3N3O. The standard InChI is InChI=1S/C13H12F3N3O/c1-17-12-9(3-2-6-18-12)7-19-8-10(13(14,15)16)4-5-11(19)20/h2-6,8H,7H2,1H3,(H,17,18). The van der Waals surface area contributed by atoms with Gasteiger partial charge in [0.15, 0.2) is 0 Å². The molecule has 1 N–H and O–H groups in total. The van der Waals surface area contributed by atoms with Crippen molar-refractivity contribution in [3.8, 4) is 0 Å². The largest absolute Gasteiger partial charge is 0.417 e. The molecule has 0 saturated heterocycles. The molecule has 0 aromatic carbocycles. The number of hydrogen-bond donors (Lipinski definition) is 1. The van der Waals surface area contributed by atoms with Gasteiger partial charge in [-0.3, -0.25) is 4.79 Å². The van der Waals surface area contributed by atoms with Gasteiger partial charge in [0, 0.05) is 31.1 Å². The van der Waals surface area contributed by atoms with E-state index >= 15 is 0 Å². The normalized spacial score (nSPS) is 11.4. The lowest BCUT2D eigenvalue weighted by Gasteiger charge is -2.12. The molecule has 0 amide bonds. The SMILES string of the molecule is CNc1ncccc1Cn1cc(C(F)(F)F)ccc1=O. The van der Waals surface area contributed by atoms with Gasteiger partial charge in [-0.25, -0.2) is 4.98 Å². The van der Waals surface area contributed by atoms with Crippen LogP contribution in [0.3, 0.4) is 0 Å². The summed E-state index contributed by atoms with van der Waals surface area (Å²) in [5.41, 5.74) is -0.715. The quantitative estimate of drug-likeness (QED) is 0.940. The van der Waals surface area contributed by atoms with Gasteiger partial charge in [-0.2, -0.15) is 13.2 Å². The molecule has 0 bridgehead atoms. The van der Waals surface area contributed by atoms with Crippen molar-refractivity contribution in [2.45, 2.75) is 12.7 Å². The molecule has 2 rings (SSSR count). The Morgan fingerprint density at radius 3 is 2.70 bits per heavy atom. The highest BCUT2D eigenvalue weighted by Gasteiger charge is 2.31. The Morgan fingerprint density at radius 1 is 1.30 bits per heavy atom. The molecular weight excluding hydrogens is 271 g/mol. The molecule has 2 aromatic rings. The van der Waals surface area contributed by atoms with Gasteiger partial charge in [-0.05, 0) is 12.1 Å². The lowest BCUT2D eigenvalue weighted by Crippen LogP contribution is -2.22. The number of pyridine rings is 2. The first-order valence-electron chi connectivity index (χ1n) is 5.81. The van der Waals surface area contributed by atoms with Crippen molar-refractivity contribution >= 4 is 5.82 Å². The molecule has 0 aliphatic carbocycles. The molecule has 0 unspecified atom stereocenters. The minimum atomic E-state index is -4.48. The lowest BCUT2D eigenvalue weighted by atomic mass is 10.2. The van der Waals surface area contributed by atoms with Crippen LogP contribution in [0, 0.1) is 0 Å². The molecule has 7 heteroatoms. The van der Waals surface area contributed by atoms with Crippen LogP contribution in [-0.4, -0.2) is 16.6 Å². The third-order valence-corrected chi connectivity index (χ3v) is 2.78. The van der Waals surface area contributed by atoms with Crippen molar-refractivity contribution in [2.75, 3.05) is 12.4 Å². The molecule has 0 aliphatic rings. The number of hydrogen-bond acceptors (Lipinski definition) is 3. The van der Waals surface area contributed by atoms with Crippen molar-refractivity contribution in [1.82, 2.24) is 9.55 Å². The van der Waals surface area contributed by atoms with Crippen molar-refractivity contribution < 1.29 is 13.2 Å². The zero-order chi connectivity index (χ0) is 14.8. The van der Waals surface area contributed by atoms with Gasteiger partial charge in [0.25, 0.3) is 5.56 Å². The van der Waals surface area contributed by atoms with Crippen molar-refractivity contribution in [3.63, 3.8) is 0 Å². The van der Waals surface area contributed by atoms with Crippen LogP contribution < -0.4 is 10.9 Å². The zero-order valence-electron chi connectivity index (χ0n) is 10.6. The predicted molar refractivity (Wildman–Crippen MR) is 68.6 cm³/mol. The Bertz CT molecular complexity index is 664. The van der Waals surface area contributed by atoms with E-state index in [9.17, 15) is 18.0 Å². The van der Waals surface area contributed by atoms with E-state index < -0.39 is 17.3 Å². The summed E-state index contributed by atoms with van der Waals surface area (Å²) in [5.74, 6) is 0.525. The second-order valence-corrected chi connectivity index (χ2v) is 4.14. The molecule has 2 heterocycles. The molecule has 0 fully saturated rings. The Balaban J connectivity index is 2.41. The number of rotatable bonds is 3. The number of alkyl halides is 3. The highest BCUT2D eigenvalue weighted by Crippen LogP contribution is 2.28. The van der Waals surface area contributed by atoms with Gasteiger partial charge in [-0.1, -0.05) is 6.07 Å².